The highest BCUT2D eigenvalue weighted by molar-refractivity contribution is 6.30. The topological polar surface area (TPSA) is 40.5 Å². The first-order valence-electron chi connectivity index (χ1n) is 9.44. The second kappa shape index (κ2) is 7.05. The van der Waals surface area contributed by atoms with Crippen molar-refractivity contribution in [1.82, 2.24) is 4.90 Å². The zero-order valence-electron chi connectivity index (χ0n) is 14.8. The first-order valence-corrected chi connectivity index (χ1v) is 9.82. The molecule has 0 bridgehead atoms. The van der Waals surface area contributed by atoms with Crippen LogP contribution in [0, 0.1) is 5.92 Å². The SMILES string of the molecule is O=C(c1ccccc1)N1CCC(O)(c2cccc(Cl)c2)C2CCCCC21. The fourth-order valence-corrected chi connectivity index (χ4v) is 4.99. The second-order valence-corrected chi connectivity index (χ2v) is 7.94. The van der Waals surface area contributed by atoms with E-state index in [1.165, 1.54) is 0 Å². The molecule has 26 heavy (non-hydrogen) atoms. The first-order chi connectivity index (χ1) is 12.6. The fraction of sp³-hybridized carbons (Fsp3) is 0.409. The number of halogens is 1. The number of hydrogen-bond acceptors (Lipinski definition) is 2. The summed E-state index contributed by atoms with van der Waals surface area (Å²) < 4.78 is 0. The van der Waals surface area contributed by atoms with Gasteiger partial charge in [-0.1, -0.05) is 54.8 Å². The minimum atomic E-state index is -0.913. The van der Waals surface area contributed by atoms with Gasteiger partial charge in [0.2, 0.25) is 0 Å². The maximum Gasteiger partial charge on any atom is 0.254 e. The monoisotopic (exact) mass is 369 g/mol. The molecule has 1 saturated heterocycles. The molecule has 2 fully saturated rings. The lowest BCUT2D eigenvalue weighted by atomic mass is 9.66. The van der Waals surface area contributed by atoms with E-state index in [0.29, 0.717) is 18.0 Å². The molecule has 0 aromatic heterocycles. The maximum atomic E-state index is 13.1. The van der Waals surface area contributed by atoms with Gasteiger partial charge in [-0.15, -0.1) is 0 Å². The lowest BCUT2D eigenvalue weighted by Crippen LogP contribution is -2.59. The van der Waals surface area contributed by atoms with Crippen molar-refractivity contribution in [1.29, 1.82) is 0 Å². The van der Waals surface area contributed by atoms with Crippen molar-refractivity contribution in [2.45, 2.75) is 43.7 Å². The van der Waals surface area contributed by atoms with Crippen molar-refractivity contribution < 1.29 is 9.90 Å². The minimum Gasteiger partial charge on any atom is -0.385 e. The zero-order chi connectivity index (χ0) is 18.1. The van der Waals surface area contributed by atoms with E-state index in [1.54, 1.807) is 0 Å². The molecule has 0 spiro atoms. The Morgan fingerprint density at radius 3 is 2.62 bits per heavy atom. The third kappa shape index (κ3) is 3.04. The van der Waals surface area contributed by atoms with Crippen LogP contribution in [0.15, 0.2) is 54.6 Å². The number of carbonyl (C=O) groups is 1. The Kier molecular flexibility index (Phi) is 4.76. The largest absolute Gasteiger partial charge is 0.385 e. The highest BCUT2D eigenvalue weighted by Gasteiger charge is 2.50. The molecule has 2 aromatic carbocycles. The number of aliphatic hydroxyl groups is 1. The summed E-state index contributed by atoms with van der Waals surface area (Å²) in [5.74, 6) is 0.131. The van der Waals surface area contributed by atoms with Gasteiger partial charge in [0.25, 0.3) is 5.91 Å². The normalized spacial score (nSPS) is 28.5. The number of hydrogen-bond donors (Lipinski definition) is 1. The van der Waals surface area contributed by atoms with E-state index >= 15 is 0 Å². The Morgan fingerprint density at radius 2 is 1.85 bits per heavy atom. The second-order valence-electron chi connectivity index (χ2n) is 7.51. The predicted octanol–water partition coefficient (Wildman–Crippen LogP) is 4.63. The van der Waals surface area contributed by atoms with E-state index in [0.717, 1.165) is 36.8 Å². The number of carbonyl (C=O) groups excluding carboxylic acids is 1. The molecule has 3 atom stereocenters. The van der Waals surface area contributed by atoms with E-state index in [9.17, 15) is 9.90 Å². The van der Waals surface area contributed by atoms with Crippen molar-refractivity contribution in [3.05, 3.63) is 70.7 Å². The summed E-state index contributed by atoms with van der Waals surface area (Å²) in [4.78, 5) is 15.1. The number of fused-ring (bicyclic) bond motifs is 1. The lowest BCUT2D eigenvalue weighted by Gasteiger charge is -2.52. The average Bonchev–Trinajstić information content (AvgIpc) is 2.69. The van der Waals surface area contributed by atoms with Crippen LogP contribution in [0.25, 0.3) is 0 Å². The number of benzene rings is 2. The molecule has 3 nitrogen and oxygen atoms in total. The predicted molar refractivity (Wildman–Crippen MR) is 103 cm³/mol. The molecule has 1 amide bonds. The van der Waals surface area contributed by atoms with Crippen molar-refractivity contribution in [3.8, 4) is 0 Å². The molecular weight excluding hydrogens is 346 g/mol. The van der Waals surface area contributed by atoms with Gasteiger partial charge in [-0.2, -0.15) is 0 Å². The third-order valence-electron chi connectivity index (χ3n) is 6.08. The lowest BCUT2D eigenvalue weighted by molar-refractivity contribution is -0.110. The zero-order valence-corrected chi connectivity index (χ0v) is 15.5. The third-order valence-corrected chi connectivity index (χ3v) is 6.32. The molecule has 1 aliphatic heterocycles. The highest BCUT2D eigenvalue weighted by atomic mass is 35.5. The van der Waals surface area contributed by atoms with Gasteiger partial charge in [-0.25, -0.2) is 0 Å². The number of rotatable bonds is 2. The summed E-state index contributed by atoms with van der Waals surface area (Å²) in [6.07, 6.45) is 4.63. The van der Waals surface area contributed by atoms with Gasteiger partial charge < -0.3 is 10.0 Å². The van der Waals surface area contributed by atoms with Crippen molar-refractivity contribution in [3.63, 3.8) is 0 Å². The highest BCUT2D eigenvalue weighted by Crippen LogP contribution is 2.47. The molecule has 0 radical (unpaired) electrons. The summed E-state index contributed by atoms with van der Waals surface area (Å²) in [7, 11) is 0. The number of likely N-dealkylation sites (tertiary alicyclic amines) is 1. The number of piperidine rings is 1. The number of amides is 1. The molecule has 4 rings (SSSR count). The van der Waals surface area contributed by atoms with E-state index < -0.39 is 5.60 Å². The van der Waals surface area contributed by atoms with Crippen LogP contribution in [0.5, 0.6) is 0 Å². The summed E-state index contributed by atoms with van der Waals surface area (Å²) in [6.45, 7) is 0.567. The molecule has 1 saturated carbocycles. The average molecular weight is 370 g/mol. The molecule has 1 heterocycles. The first kappa shape index (κ1) is 17.6. The van der Waals surface area contributed by atoms with Gasteiger partial charge in [-0.3, -0.25) is 4.79 Å². The quantitative estimate of drug-likeness (QED) is 0.838. The Hall–Kier alpha value is -1.84. The van der Waals surface area contributed by atoms with Gasteiger partial charge in [-0.05, 0) is 49.1 Å². The van der Waals surface area contributed by atoms with Crippen molar-refractivity contribution in [2.24, 2.45) is 5.92 Å². The molecule has 136 valence electrons. The smallest absolute Gasteiger partial charge is 0.254 e. The summed E-state index contributed by atoms with van der Waals surface area (Å²) in [6, 6.07) is 17.1. The summed E-state index contributed by atoms with van der Waals surface area (Å²) >= 11 is 6.18. The molecular formula is C22H24ClNO2. The Morgan fingerprint density at radius 1 is 1.08 bits per heavy atom. The molecule has 3 unspecified atom stereocenters. The van der Waals surface area contributed by atoms with Crippen LogP contribution in [-0.4, -0.2) is 28.5 Å². The van der Waals surface area contributed by atoms with Crippen LogP contribution in [0.1, 0.15) is 48.0 Å². The van der Waals surface area contributed by atoms with E-state index in [2.05, 4.69) is 0 Å². The molecule has 2 aromatic rings. The number of nitrogens with zero attached hydrogens (tertiary/aromatic N) is 1. The Balaban J connectivity index is 1.67. The molecule has 4 heteroatoms. The summed E-state index contributed by atoms with van der Waals surface area (Å²) in [5.41, 5.74) is 0.697. The van der Waals surface area contributed by atoms with Crippen LogP contribution < -0.4 is 0 Å². The van der Waals surface area contributed by atoms with Crippen molar-refractivity contribution >= 4 is 17.5 Å². The van der Waals surface area contributed by atoms with E-state index in [4.69, 9.17) is 11.6 Å². The van der Waals surface area contributed by atoms with Crippen molar-refractivity contribution in [2.75, 3.05) is 6.54 Å². The van der Waals surface area contributed by atoms with Gasteiger partial charge in [0.15, 0.2) is 0 Å². The molecule has 1 N–H and O–H groups in total. The van der Waals surface area contributed by atoms with Crippen LogP contribution in [-0.2, 0) is 5.60 Å². The van der Waals surface area contributed by atoms with Gasteiger partial charge in [0, 0.05) is 29.1 Å². The van der Waals surface area contributed by atoms with Crippen LogP contribution in [0.3, 0.4) is 0 Å². The molecule has 2 aliphatic rings. The van der Waals surface area contributed by atoms with Crippen LogP contribution in [0.4, 0.5) is 0 Å². The van der Waals surface area contributed by atoms with Crippen LogP contribution >= 0.6 is 11.6 Å². The van der Waals surface area contributed by atoms with Crippen LogP contribution in [0.2, 0.25) is 5.02 Å². The van der Waals surface area contributed by atoms with E-state index in [-0.39, 0.29) is 17.9 Å². The minimum absolute atomic E-state index is 0.0520. The summed E-state index contributed by atoms with van der Waals surface area (Å²) in [5, 5.41) is 12.3. The van der Waals surface area contributed by atoms with Gasteiger partial charge in [0.1, 0.15) is 0 Å². The maximum absolute atomic E-state index is 13.1. The Labute approximate surface area is 159 Å². The Bertz CT molecular complexity index is 794. The van der Waals surface area contributed by atoms with E-state index in [1.807, 2.05) is 59.5 Å². The van der Waals surface area contributed by atoms with Gasteiger partial charge in [0.05, 0.1) is 5.60 Å². The molecule has 1 aliphatic carbocycles. The van der Waals surface area contributed by atoms with Gasteiger partial charge >= 0.3 is 0 Å². The standard InChI is InChI=1S/C22H24ClNO2/c23-18-10-6-9-17(15-18)22(26)13-14-24(20-12-5-4-11-19(20)22)21(25)16-7-2-1-3-8-16/h1-3,6-10,15,19-20,26H,4-5,11-14H2. The fourth-order valence-electron chi connectivity index (χ4n) is 4.80.